The van der Waals surface area contributed by atoms with Crippen LogP contribution in [0.3, 0.4) is 0 Å². The lowest BCUT2D eigenvalue weighted by molar-refractivity contribution is -0.125. The van der Waals surface area contributed by atoms with E-state index in [4.69, 9.17) is 4.74 Å². The van der Waals surface area contributed by atoms with Gasteiger partial charge in [0.25, 0.3) is 5.91 Å². The van der Waals surface area contributed by atoms with Crippen LogP contribution in [0.2, 0.25) is 0 Å². The van der Waals surface area contributed by atoms with Crippen LogP contribution < -0.4 is 10.1 Å². The van der Waals surface area contributed by atoms with Crippen molar-refractivity contribution >= 4 is 11.7 Å². The van der Waals surface area contributed by atoms with Gasteiger partial charge in [-0.15, -0.1) is 0 Å². The molecule has 4 rings (SSSR count). The first kappa shape index (κ1) is 25.6. The summed E-state index contributed by atoms with van der Waals surface area (Å²) in [5, 5.41) is 3.06. The lowest BCUT2D eigenvalue weighted by Crippen LogP contribution is -2.52. The summed E-state index contributed by atoms with van der Waals surface area (Å²) >= 11 is 0. The van der Waals surface area contributed by atoms with E-state index in [1.807, 2.05) is 36.4 Å². The largest absolute Gasteiger partial charge is 0.489 e. The Morgan fingerprint density at radius 3 is 2.33 bits per heavy atom. The van der Waals surface area contributed by atoms with Gasteiger partial charge in [0.15, 0.2) is 5.78 Å². The van der Waals surface area contributed by atoms with Crippen molar-refractivity contribution in [2.45, 2.75) is 58.8 Å². The van der Waals surface area contributed by atoms with Crippen molar-refractivity contribution in [1.82, 2.24) is 10.2 Å². The first-order valence-electron chi connectivity index (χ1n) is 12.9. The van der Waals surface area contributed by atoms with E-state index in [0.717, 1.165) is 31.4 Å². The number of fused-ring (bicyclic) bond motifs is 1. The Labute approximate surface area is 214 Å². The summed E-state index contributed by atoms with van der Waals surface area (Å²) in [5.41, 5.74) is 4.15. The van der Waals surface area contributed by atoms with Gasteiger partial charge in [0.2, 0.25) is 0 Å². The minimum atomic E-state index is -0.642. The maximum absolute atomic E-state index is 13.3. The van der Waals surface area contributed by atoms with Crippen LogP contribution in [0.4, 0.5) is 0 Å². The molecule has 3 aromatic rings. The smallest absolute Gasteiger partial charge is 0.252 e. The number of nitrogens with zero attached hydrogens (tertiary/aromatic N) is 1. The Bertz CT molecular complexity index is 1140. The summed E-state index contributed by atoms with van der Waals surface area (Å²) in [5.74, 6) is 0.951. The van der Waals surface area contributed by atoms with Crippen molar-refractivity contribution in [2.24, 2.45) is 5.92 Å². The molecule has 1 amide bonds. The summed E-state index contributed by atoms with van der Waals surface area (Å²) in [6.45, 7) is 6.12. The Kier molecular flexibility index (Phi) is 8.90. The zero-order valence-electron chi connectivity index (χ0n) is 21.3. The van der Waals surface area contributed by atoms with E-state index < -0.39 is 6.17 Å². The molecule has 5 heteroatoms. The first-order chi connectivity index (χ1) is 17.5. The van der Waals surface area contributed by atoms with Crippen LogP contribution >= 0.6 is 0 Å². The molecule has 0 radical (unpaired) electrons. The molecule has 36 heavy (non-hydrogen) atoms. The molecule has 5 nitrogen and oxygen atoms in total. The van der Waals surface area contributed by atoms with E-state index in [-0.39, 0.29) is 11.7 Å². The van der Waals surface area contributed by atoms with Crippen LogP contribution in [0.25, 0.3) is 0 Å². The standard InChI is InChI=1S/C31H36N2O3/c1-23(2)14-19-29(34)30(33-20-8-13-25-11-6-7-12-27(25)21-33)32-31(35)26-15-17-28(18-16-26)36-22-24-9-4-3-5-10-24/h3-7,9-12,15-18,23,30H,8,13-14,19-22H2,1-2H3,(H,32,35). The zero-order valence-corrected chi connectivity index (χ0v) is 21.3. The average Bonchev–Trinajstić information content (AvgIpc) is 3.12. The van der Waals surface area contributed by atoms with Gasteiger partial charge in [-0.05, 0) is 66.1 Å². The zero-order chi connectivity index (χ0) is 25.3. The molecule has 188 valence electrons. The van der Waals surface area contributed by atoms with E-state index in [0.29, 0.717) is 36.8 Å². The molecule has 0 spiro atoms. The van der Waals surface area contributed by atoms with Crippen LogP contribution in [-0.4, -0.2) is 29.3 Å². The van der Waals surface area contributed by atoms with Gasteiger partial charge in [-0.1, -0.05) is 68.4 Å². The third-order valence-corrected chi connectivity index (χ3v) is 6.65. The normalized spacial score (nSPS) is 14.5. The highest BCUT2D eigenvalue weighted by Gasteiger charge is 2.29. The van der Waals surface area contributed by atoms with Crippen LogP contribution in [0.5, 0.6) is 5.75 Å². The van der Waals surface area contributed by atoms with E-state index in [2.05, 4.69) is 42.3 Å². The summed E-state index contributed by atoms with van der Waals surface area (Å²) < 4.78 is 5.85. The summed E-state index contributed by atoms with van der Waals surface area (Å²) in [7, 11) is 0. The van der Waals surface area contributed by atoms with Crippen LogP contribution in [-0.2, 0) is 24.4 Å². The number of ether oxygens (including phenoxy) is 1. The third kappa shape index (κ3) is 7.05. The average molecular weight is 485 g/mol. The van der Waals surface area contributed by atoms with Gasteiger partial charge >= 0.3 is 0 Å². The molecule has 1 N–H and O–H groups in total. The predicted octanol–water partition coefficient (Wildman–Crippen LogP) is 5.78. The molecule has 0 fully saturated rings. The Hall–Kier alpha value is -3.44. The molecular weight excluding hydrogens is 448 g/mol. The van der Waals surface area contributed by atoms with Crippen LogP contribution in [0.1, 0.15) is 60.2 Å². The maximum atomic E-state index is 13.3. The number of nitrogens with one attached hydrogen (secondary N) is 1. The van der Waals surface area contributed by atoms with Gasteiger partial charge in [0, 0.05) is 25.1 Å². The fraction of sp³-hybridized carbons (Fsp3) is 0.355. The number of aryl methyl sites for hydroxylation is 1. The molecule has 0 saturated heterocycles. The minimum absolute atomic E-state index is 0.0687. The van der Waals surface area contributed by atoms with Crippen molar-refractivity contribution in [3.8, 4) is 5.75 Å². The fourth-order valence-corrected chi connectivity index (χ4v) is 4.54. The highest BCUT2D eigenvalue weighted by molar-refractivity contribution is 5.97. The van der Waals surface area contributed by atoms with Crippen molar-refractivity contribution < 1.29 is 14.3 Å². The highest BCUT2D eigenvalue weighted by Crippen LogP contribution is 2.21. The van der Waals surface area contributed by atoms with Crippen LogP contribution in [0, 0.1) is 5.92 Å². The van der Waals surface area contributed by atoms with Gasteiger partial charge in [0.1, 0.15) is 18.5 Å². The SMILES string of the molecule is CC(C)CCC(=O)C(NC(=O)c1ccc(OCc2ccccc2)cc1)N1CCCc2ccccc2C1. The lowest BCUT2D eigenvalue weighted by Gasteiger charge is -2.30. The van der Waals surface area contributed by atoms with Gasteiger partial charge in [-0.3, -0.25) is 14.5 Å². The molecule has 1 aliphatic rings. The maximum Gasteiger partial charge on any atom is 0.252 e. The number of rotatable bonds is 10. The second kappa shape index (κ2) is 12.5. The molecular formula is C31H36N2O3. The molecule has 0 bridgehead atoms. The first-order valence-corrected chi connectivity index (χ1v) is 12.9. The number of benzene rings is 3. The van der Waals surface area contributed by atoms with Gasteiger partial charge in [-0.2, -0.15) is 0 Å². The Morgan fingerprint density at radius 2 is 1.61 bits per heavy atom. The van der Waals surface area contributed by atoms with Crippen molar-refractivity contribution in [2.75, 3.05) is 6.54 Å². The topological polar surface area (TPSA) is 58.6 Å². The molecule has 0 saturated carbocycles. The molecule has 1 heterocycles. The lowest BCUT2D eigenvalue weighted by atomic mass is 10.0. The second-order valence-corrected chi connectivity index (χ2v) is 9.92. The number of carbonyl (C=O) groups excluding carboxylic acids is 2. The quantitative estimate of drug-likeness (QED) is 0.397. The number of carbonyl (C=O) groups is 2. The molecule has 1 aliphatic heterocycles. The Morgan fingerprint density at radius 1 is 0.917 bits per heavy atom. The summed E-state index contributed by atoms with van der Waals surface area (Å²) in [6.07, 6.45) is 2.55. The predicted molar refractivity (Wildman–Crippen MR) is 143 cm³/mol. The van der Waals surface area contributed by atoms with E-state index in [9.17, 15) is 9.59 Å². The molecule has 0 aromatic heterocycles. The van der Waals surface area contributed by atoms with Crippen molar-refractivity contribution in [3.63, 3.8) is 0 Å². The summed E-state index contributed by atoms with van der Waals surface area (Å²) in [4.78, 5) is 28.7. The van der Waals surface area contributed by atoms with Gasteiger partial charge < -0.3 is 10.1 Å². The van der Waals surface area contributed by atoms with Crippen molar-refractivity contribution in [3.05, 3.63) is 101 Å². The van der Waals surface area contributed by atoms with Crippen molar-refractivity contribution in [1.29, 1.82) is 0 Å². The van der Waals surface area contributed by atoms with Gasteiger partial charge in [0.05, 0.1) is 0 Å². The van der Waals surface area contributed by atoms with Gasteiger partial charge in [-0.25, -0.2) is 0 Å². The second-order valence-electron chi connectivity index (χ2n) is 9.92. The number of hydrogen-bond donors (Lipinski definition) is 1. The van der Waals surface area contributed by atoms with E-state index in [1.165, 1.54) is 11.1 Å². The van der Waals surface area contributed by atoms with E-state index in [1.54, 1.807) is 24.3 Å². The molecule has 1 atom stereocenters. The van der Waals surface area contributed by atoms with E-state index >= 15 is 0 Å². The minimum Gasteiger partial charge on any atom is -0.489 e. The number of hydrogen-bond acceptors (Lipinski definition) is 4. The number of amides is 1. The fourth-order valence-electron chi connectivity index (χ4n) is 4.54. The number of ketones is 1. The number of Topliss-reactive ketones (excluding diaryl/α,β-unsaturated/α-hetero) is 1. The molecule has 0 aliphatic carbocycles. The third-order valence-electron chi connectivity index (χ3n) is 6.65. The Balaban J connectivity index is 1.45. The molecule has 1 unspecified atom stereocenters. The highest BCUT2D eigenvalue weighted by atomic mass is 16.5. The van der Waals surface area contributed by atoms with Crippen LogP contribution in [0.15, 0.2) is 78.9 Å². The summed E-state index contributed by atoms with van der Waals surface area (Å²) in [6, 6.07) is 25.5. The molecule has 3 aromatic carbocycles. The monoisotopic (exact) mass is 484 g/mol.